The third-order valence-electron chi connectivity index (χ3n) is 4.05. The van der Waals surface area contributed by atoms with Crippen LogP contribution in [0.4, 0.5) is 0 Å². The van der Waals surface area contributed by atoms with E-state index in [2.05, 4.69) is 4.90 Å². The lowest BCUT2D eigenvalue weighted by Gasteiger charge is -2.22. The predicted molar refractivity (Wildman–Crippen MR) is 81.3 cm³/mol. The molecule has 1 fully saturated rings. The number of aliphatic carboxylic acids is 1. The summed E-state index contributed by atoms with van der Waals surface area (Å²) in [4.78, 5) is 13.0. The summed E-state index contributed by atoms with van der Waals surface area (Å²) < 4.78 is 0. The first kappa shape index (κ1) is 13.9. The monoisotopic (exact) mass is 285 g/mol. The van der Waals surface area contributed by atoms with Crippen LogP contribution in [0.1, 0.15) is 24.8 Å². The van der Waals surface area contributed by atoms with Crippen molar-refractivity contribution >= 4 is 16.7 Å². The van der Waals surface area contributed by atoms with Crippen LogP contribution < -0.4 is 0 Å². The highest BCUT2D eigenvalue weighted by molar-refractivity contribution is 5.87. The van der Waals surface area contributed by atoms with E-state index in [0.29, 0.717) is 19.1 Å². The molecule has 1 saturated carbocycles. The number of hydrogen-bond donors (Lipinski definition) is 2. The number of phenols is 1. The van der Waals surface area contributed by atoms with Crippen molar-refractivity contribution < 1.29 is 15.0 Å². The van der Waals surface area contributed by atoms with Crippen molar-refractivity contribution in [3.05, 3.63) is 42.0 Å². The SMILES string of the molecule is O=C(O)CCN(Cc1c(O)ccc2ccccc12)C1CC1. The lowest BCUT2D eigenvalue weighted by Crippen LogP contribution is -2.28. The van der Waals surface area contributed by atoms with Crippen molar-refractivity contribution in [2.24, 2.45) is 0 Å². The Morgan fingerprint density at radius 1 is 1.19 bits per heavy atom. The summed E-state index contributed by atoms with van der Waals surface area (Å²) in [6.45, 7) is 1.13. The van der Waals surface area contributed by atoms with Crippen molar-refractivity contribution in [1.29, 1.82) is 0 Å². The Labute approximate surface area is 123 Å². The lowest BCUT2D eigenvalue weighted by atomic mass is 10.0. The van der Waals surface area contributed by atoms with Crippen LogP contribution in [0.5, 0.6) is 5.75 Å². The molecule has 0 saturated heterocycles. The van der Waals surface area contributed by atoms with Crippen molar-refractivity contribution in [3.63, 3.8) is 0 Å². The van der Waals surface area contributed by atoms with Gasteiger partial charge in [-0.3, -0.25) is 9.69 Å². The Kier molecular flexibility index (Phi) is 3.80. The maximum Gasteiger partial charge on any atom is 0.304 e. The molecule has 3 rings (SSSR count). The van der Waals surface area contributed by atoms with Gasteiger partial charge >= 0.3 is 5.97 Å². The van der Waals surface area contributed by atoms with E-state index in [-0.39, 0.29) is 12.2 Å². The quantitative estimate of drug-likeness (QED) is 0.856. The zero-order valence-corrected chi connectivity index (χ0v) is 11.8. The van der Waals surface area contributed by atoms with E-state index in [1.54, 1.807) is 6.07 Å². The van der Waals surface area contributed by atoms with Gasteiger partial charge in [-0.15, -0.1) is 0 Å². The Morgan fingerprint density at radius 3 is 2.67 bits per heavy atom. The van der Waals surface area contributed by atoms with Gasteiger partial charge in [-0.2, -0.15) is 0 Å². The Balaban J connectivity index is 1.88. The van der Waals surface area contributed by atoms with Crippen LogP contribution in [0.3, 0.4) is 0 Å². The first-order chi connectivity index (χ1) is 10.1. The van der Waals surface area contributed by atoms with E-state index >= 15 is 0 Å². The van der Waals surface area contributed by atoms with Gasteiger partial charge in [0.05, 0.1) is 6.42 Å². The Bertz CT molecular complexity index is 664. The summed E-state index contributed by atoms with van der Waals surface area (Å²) in [6.07, 6.45) is 2.37. The molecule has 0 heterocycles. The lowest BCUT2D eigenvalue weighted by molar-refractivity contribution is -0.137. The van der Waals surface area contributed by atoms with E-state index in [1.165, 1.54) is 0 Å². The molecule has 1 aliphatic rings. The molecule has 4 heteroatoms. The number of nitrogens with zero attached hydrogens (tertiary/aromatic N) is 1. The summed E-state index contributed by atoms with van der Waals surface area (Å²) in [5.41, 5.74) is 0.894. The third-order valence-corrected chi connectivity index (χ3v) is 4.05. The van der Waals surface area contributed by atoms with E-state index in [4.69, 9.17) is 5.11 Å². The molecule has 110 valence electrons. The average molecular weight is 285 g/mol. The van der Waals surface area contributed by atoms with Gasteiger partial charge in [0.2, 0.25) is 0 Å². The molecule has 2 N–H and O–H groups in total. The number of carbonyl (C=O) groups is 1. The highest BCUT2D eigenvalue weighted by Gasteiger charge is 2.29. The molecule has 0 atom stereocenters. The van der Waals surface area contributed by atoms with Crippen LogP contribution >= 0.6 is 0 Å². The smallest absolute Gasteiger partial charge is 0.304 e. The van der Waals surface area contributed by atoms with Gasteiger partial charge in [-0.25, -0.2) is 0 Å². The molecule has 1 aliphatic carbocycles. The predicted octanol–water partition coefficient (Wildman–Crippen LogP) is 2.98. The van der Waals surface area contributed by atoms with Crippen molar-refractivity contribution in [3.8, 4) is 5.75 Å². The van der Waals surface area contributed by atoms with Crippen LogP contribution in [-0.4, -0.2) is 33.7 Å². The number of hydrogen-bond acceptors (Lipinski definition) is 3. The molecule has 0 amide bonds. The fourth-order valence-corrected chi connectivity index (χ4v) is 2.76. The number of carboxylic acid groups (broad SMARTS) is 1. The van der Waals surface area contributed by atoms with Crippen molar-refractivity contribution in [2.45, 2.75) is 31.8 Å². The second-order valence-corrected chi connectivity index (χ2v) is 5.63. The number of fused-ring (bicyclic) bond motifs is 1. The van der Waals surface area contributed by atoms with Crippen LogP contribution in [-0.2, 0) is 11.3 Å². The molecule has 2 aromatic carbocycles. The summed E-state index contributed by atoms with van der Waals surface area (Å²) in [7, 11) is 0. The largest absolute Gasteiger partial charge is 0.508 e. The molecule has 0 radical (unpaired) electrons. The second kappa shape index (κ2) is 5.74. The van der Waals surface area contributed by atoms with Crippen LogP contribution in [0, 0.1) is 0 Å². The van der Waals surface area contributed by atoms with Crippen LogP contribution in [0.2, 0.25) is 0 Å². The van der Waals surface area contributed by atoms with Crippen molar-refractivity contribution in [2.75, 3.05) is 6.54 Å². The van der Waals surface area contributed by atoms with Crippen LogP contribution in [0.25, 0.3) is 10.8 Å². The molecule has 0 spiro atoms. The van der Waals surface area contributed by atoms with E-state index in [0.717, 1.165) is 29.2 Å². The molecule has 0 aliphatic heterocycles. The van der Waals surface area contributed by atoms with Gasteiger partial charge in [0.15, 0.2) is 0 Å². The molecule has 0 unspecified atom stereocenters. The first-order valence-electron chi connectivity index (χ1n) is 7.30. The van der Waals surface area contributed by atoms with Gasteiger partial charge in [0.25, 0.3) is 0 Å². The summed E-state index contributed by atoms with van der Waals surface area (Å²) >= 11 is 0. The molecule has 0 bridgehead atoms. The maximum atomic E-state index is 10.8. The van der Waals surface area contributed by atoms with Gasteiger partial charge in [0.1, 0.15) is 5.75 Å². The zero-order valence-electron chi connectivity index (χ0n) is 11.8. The standard InChI is InChI=1S/C17H19NO3/c19-16-8-5-12-3-1-2-4-14(12)15(16)11-18(13-6-7-13)10-9-17(20)21/h1-5,8,13,19H,6-7,9-11H2,(H,20,21). The highest BCUT2D eigenvalue weighted by Crippen LogP contribution is 2.33. The number of rotatable bonds is 6. The normalized spacial score (nSPS) is 14.7. The van der Waals surface area contributed by atoms with E-state index < -0.39 is 5.97 Å². The van der Waals surface area contributed by atoms with E-state index in [9.17, 15) is 9.90 Å². The third kappa shape index (κ3) is 3.16. The summed E-state index contributed by atoms with van der Waals surface area (Å²) in [5.74, 6) is -0.488. The summed E-state index contributed by atoms with van der Waals surface area (Å²) in [6, 6.07) is 12.1. The molecule has 21 heavy (non-hydrogen) atoms. The van der Waals surface area contributed by atoms with Gasteiger partial charge in [-0.1, -0.05) is 30.3 Å². The van der Waals surface area contributed by atoms with Gasteiger partial charge in [-0.05, 0) is 29.7 Å². The highest BCUT2D eigenvalue weighted by atomic mass is 16.4. The maximum absolute atomic E-state index is 10.8. The number of aromatic hydroxyl groups is 1. The fraction of sp³-hybridized carbons (Fsp3) is 0.353. The number of benzene rings is 2. The minimum atomic E-state index is -0.775. The topological polar surface area (TPSA) is 60.8 Å². The van der Waals surface area contributed by atoms with E-state index in [1.807, 2.05) is 30.3 Å². The van der Waals surface area contributed by atoms with Gasteiger partial charge < -0.3 is 10.2 Å². The first-order valence-corrected chi connectivity index (χ1v) is 7.30. The molecule has 2 aromatic rings. The fourth-order valence-electron chi connectivity index (χ4n) is 2.76. The summed E-state index contributed by atoms with van der Waals surface area (Å²) in [5, 5.41) is 21.2. The molecular formula is C17H19NO3. The molecular weight excluding hydrogens is 266 g/mol. The Hall–Kier alpha value is -2.07. The minimum absolute atomic E-state index is 0.141. The average Bonchev–Trinajstić information content (AvgIpc) is 3.30. The minimum Gasteiger partial charge on any atom is -0.508 e. The van der Waals surface area contributed by atoms with Crippen LogP contribution in [0.15, 0.2) is 36.4 Å². The second-order valence-electron chi connectivity index (χ2n) is 5.63. The zero-order chi connectivity index (χ0) is 14.8. The van der Waals surface area contributed by atoms with Crippen molar-refractivity contribution in [1.82, 2.24) is 4.90 Å². The number of carboxylic acids is 1. The molecule has 4 nitrogen and oxygen atoms in total. The Morgan fingerprint density at radius 2 is 1.95 bits per heavy atom. The molecule has 0 aromatic heterocycles. The van der Waals surface area contributed by atoms with Gasteiger partial charge in [0, 0.05) is 24.7 Å². The number of phenolic OH excluding ortho intramolecular Hbond substituents is 1.